The highest BCUT2D eigenvalue weighted by Crippen LogP contribution is 2.11. The minimum atomic E-state index is -0.295. The minimum Gasteiger partial charge on any atom is -0.352 e. The quantitative estimate of drug-likeness (QED) is 0.929. The fraction of sp³-hybridized carbons (Fsp3) is 0.375. The molecule has 1 heterocycles. The van der Waals surface area contributed by atoms with Gasteiger partial charge in [0.15, 0.2) is 0 Å². The summed E-state index contributed by atoms with van der Waals surface area (Å²) in [6.45, 7) is 7.31. The van der Waals surface area contributed by atoms with E-state index < -0.39 is 0 Å². The van der Waals surface area contributed by atoms with Gasteiger partial charge in [-0.25, -0.2) is 0 Å². The summed E-state index contributed by atoms with van der Waals surface area (Å²) in [6, 6.07) is 7.38. The molecule has 1 aromatic heterocycles. The summed E-state index contributed by atoms with van der Waals surface area (Å²) in [5.41, 5.74) is 0.873. The monoisotopic (exact) mass is 272 g/mol. The zero-order valence-electron chi connectivity index (χ0n) is 12.1. The smallest absolute Gasteiger partial charge is 0.256 e. The first kappa shape index (κ1) is 14.3. The number of nitrogens with one attached hydrogen (secondary N) is 1. The lowest BCUT2D eigenvalue weighted by atomic mass is 10.1. The molecule has 0 aliphatic heterocycles. The maximum atomic E-state index is 12.4. The average molecular weight is 272 g/mol. The molecule has 0 aliphatic rings. The number of hydrogen-bond donors (Lipinski definition) is 1. The summed E-state index contributed by atoms with van der Waals surface area (Å²) in [7, 11) is 0. The molecule has 4 nitrogen and oxygen atoms in total. The normalized spacial score (nSPS) is 11.0. The number of rotatable bonds is 4. The summed E-state index contributed by atoms with van der Waals surface area (Å²) in [6.07, 6.45) is 1.65. The lowest BCUT2D eigenvalue weighted by Gasteiger charge is -2.12. The third kappa shape index (κ3) is 2.74. The van der Waals surface area contributed by atoms with Gasteiger partial charge in [-0.3, -0.25) is 9.59 Å². The zero-order valence-corrected chi connectivity index (χ0v) is 12.1. The Balaban J connectivity index is 2.52. The number of fused-ring (bicyclic) bond motifs is 1. The maximum absolute atomic E-state index is 12.4. The summed E-state index contributed by atoms with van der Waals surface area (Å²) >= 11 is 0. The highest BCUT2D eigenvalue weighted by Gasteiger charge is 2.14. The van der Waals surface area contributed by atoms with E-state index in [0.29, 0.717) is 24.4 Å². The molecule has 1 N–H and O–H groups in total. The van der Waals surface area contributed by atoms with Crippen LogP contribution in [0.2, 0.25) is 0 Å². The Kier molecular flexibility index (Phi) is 4.23. The number of aromatic nitrogens is 1. The standard InChI is InChI=1S/C16H20N2O2/c1-4-18-10-13(16(20)17-9-11(2)3)15(19)12-7-5-6-8-14(12)18/h5-8,10-11H,4,9H2,1-3H3,(H,17,20). The molecule has 0 unspecified atom stereocenters. The number of benzene rings is 1. The predicted octanol–water partition coefficient (Wildman–Crippen LogP) is 2.41. The number of hydrogen-bond acceptors (Lipinski definition) is 2. The van der Waals surface area contributed by atoms with E-state index in [4.69, 9.17) is 0 Å². The van der Waals surface area contributed by atoms with Crippen molar-refractivity contribution in [2.75, 3.05) is 6.54 Å². The van der Waals surface area contributed by atoms with E-state index >= 15 is 0 Å². The zero-order chi connectivity index (χ0) is 14.7. The predicted molar refractivity (Wildman–Crippen MR) is 81.1 cm³/mol. The molecule has 0 aliphatic carbocycles. The number of nitrogens with zero attached hydrogens (tertiary/aromatic N) is 1. The molecule has 2 rings (SSSR count). The molecule has 0 fully saturated rings. The van der Waals surface area contributed by atoms with Gasteiger partial charge in [0.25, 0.3) is 5.91 Å². The molecule has 4 heteroatoms. The van der Waals surface area contributed by atoms with Gasteiger partial charge in [-0.05, 0) is 25.0 Å². The van der Waals surface area contributed by atoms with Crippen LogP contribution in [-0.2, 0) is 6.54 Å². The van der Waals surface area contributed by atoms with Crippen molar-refractivity contribution in [2.24, 2.45) is 5.92 Å². The van der Waals surface area contributed by atoms with Crippen LogP contribution in [0.25, 0.3) is 10.9 Å². The molecule has 0 radical (unpaired) electrons. The van der Waals surface area contributed by atoms with Crippen LogP contribution in [0.5, 0.6) is 0 Å². The Morgan fingerprint density at radius 2 is 2.00 bits per heavy atom. The van der Waals surface area contributed by atoms with Crippen LogP contribution in [0, 0.1) is 5.92 Å². The Morgan fingerprint density at radius 1 is 1.30 bits per heavy atom. The Morgan fingerprint density at radius 3 is 2.65 bits per heavy atom. The highest BCUT2D eigenvalue weighted by molar-refractivity contribution is 5.97. The van der Waals surface area contributed by atoms with Crippen molar-refractivity contribution in [1.82, 2.24) is 9.88 Å². The van der Waals surface area contributed by atoms with Gasteiger partial charge in [-0.1, -0.05) is 26.0 Å². The fourth-order valence-electron chi connectivity index (χ4n) is 2.16. The third-order valence-electron chi connectivity index (χ3n) is 3.24. The van der Waals surface area contributed by atoms with Crippen LogP contribution in [0.15, 0.2) is 35.3 Å². The number of para-hydroxylation sites is 1. The van der Waals surface area contributed by atoms with Gasteiger partial charge in [0.1, 0.15) is 5.56 Å². The molecular formula is C16H20N2O2. The summed E-state index contributed by atoms with van der Waals surface area (Å²) in [5, 5.41) is 3.39. The van der Waals surface area contributed by atoms with Crippen LogP contribution in [-0.4, -0.2) is 17.0 Å². The van der Waals surface area contributed by atoms with E-state index in [1.54, 1.807) is 12.3 Å². The van der Waals surface area contributed by atoms with Gasteiger partial charge in [-0.15, -0.1) is 0 Å². The number of carbonyl (C=O) groups is 1. The van der Waals surface area contributed by atoms with Crippen molar-refractivity contribution in [3.63, 3.8) is 0 Å². The van der Waals surface area contributed by atoms with Crippen molar-refractivity contribution < 1.29 is 4.79 Å². The van der Waals surface area contributed by atoms with Crippen molar-refractivity contribution in [2.45, 2.75) is 27.3 Å². The molecule has 0 bridgehead atoms. The van der Waals surface area contributed by atoms with Crippen LogP contribution in [0.1, 0.15) is 31.1 Å². The van der Waals surface area contributed by atoms with Gasteiger partial charge < -0.3 is 9.88 Å². The van der Waals surface area contributed by atoms with E-state index in [9.17, 15) is 9.59 Å². The van der Waals surface area contributed by atoms with Crippen molar-refractivity contribution in [3.05, 3.63) is 46.2 Å². The van der Waals surface area contributed by atoms with Gasteiger partial charge in [-0.2, -0.15) is 0 Å². The van der Waals surface area contributed by atoms with E-state index in [2.05, 4.69) is 5.32 Å². The Hall–Kier alpha value is -2.10. The molecule has 106 valence electrons. The van der Waals surface area contributed by atoms with E-state index in [-0.39, 0.29) is 16.9 Å². The summed E-state index contributed by atoms with van der Waals surface area (Å²) < 4.78 is 1.93. The maximum Gasteiger partial charge on any atom is 0.256 e. The number of aryl methyl sites for hydroxylation is 1. The molecule has 1 aromatic carbocycles. The topological polar surface area (TPSA) is 51.1 Å². The van der Waals surface area contributed by atoms with Gasteiger partial charge in [0.05, 0.1) is 5.52 Å². The van der Waals surface area contributed by atoms with E-state index in [1.807, 2.05) is 43.5 Å². The van der Waals surface area contributed by atoms with E-state index in [0.717, 1.165) is 5.52 Å². The molecule has 0 saturated heterocycles. The van der Waals surface area contributed by atoms with Crippen LogP contribution in [0.4, 0.5) is 0 Å². The largest absolute Gasteiger partial charge is 0.352 e. The molecular weight excluding hydrogens is 252 g/mol. The number of amides is 1. The third-order valence-corrected chi connectivity index (χ3v) is 3.24. The second kappa shape index (κ2) is 5.90. The first-order valence-corrected chi connectivity index (χ1v) is 6.95. The van der Waals surface area contributed by atoms with Gasteiger partial charge in [0.2, 0.25) is 5.43 Å². The van der Waals surface area contributed by atoms with Crippen molar-refractivity contribution in [3.8, 4) is 0 Å². The summed E-state index contributed by atoms with van der Waals surface area (Å²) in [4.78, 5) is 24.6. The molecule has 2 aromatic rings. The van der Waals surface area contributed by atoms with Crippen LogP contribution >= 0.6 is 0 Å². The average Bonchev–Trinajstić information content (AvgIpc) is 2.45. The van der Waals surface area contributed by atoms with Crippen LogP contribution in [0.3, 0.4) is 0 Å². The second-order valence-electron chi connectivity index (χ2n) is 5.28. The first-order chi connectivity index (χ1) is 9.54. The first-order valence-electron chi connectivity index (χ1n) is 6.95. The Bertz CT molecular complexity index is 686. The molecule has 0 spiro atoms. The molecule has 1 amide bonds. The second-order valence-corrected chi connectivity index (χ2v) is 5.28. The molecule has 0 saturated carbocycles. The lowest BCUT2D eigenvalue weighted by molar-refractivity contribution is 0.0947. The van der Waals surface area contributed by atoms with Crippen LogP contribution < -0.4 is 10.7 Å². The fourth-order valence-corrected chi connectivity index (χ4v) is 2.16. The van der Waals surface area contributed by atoms with Crippen molar-refractivity contribution >= 4 is 16.8 Å². The molecule has 20 heavy (non-hydrogen) atoms. The summed E-state index contributed by atoms with van der Waals surface area (Å²) in [5.74, 6) is 0.0597. The number of carbonyl (C=O) groups excluding carboxylic acids is 1. The highest BCUT2D eigenvalue weighted by atomic mass is 16.2. The van der Waals surface area contributed by atoms with Gasteiger partial charge in [0, 0.05) is 24.7 Å². The van der Waals surface area contributed by atoms with E-state index in [1.165, 1.54) is 0 Å². The van der Waals surface area contributed by atoms with Crippen molar-refractivity contribution in [1.29, 1.82) is 0 Å². The minimum absolute atomic E-state index is 0.202. The lowest BCUT2D eigenvalue weighted by Crippen LogP contribution is -2.32. The Labute approximate surface area is 118 Å². The number of pyridine rings is 1. The SMILES string of the molecule is CCn1cc(C(=O)NCC(C)C)c(=O)c2ccccc21. The van der Waals surface area contributed by atoms with Gasteiger partial charge >= 0.3 is 0 Å². The molecule has 0 atom stereocenters.